The SMILES string of the molecule is COCCCCNCc1cc2c(cc1OC)CC(C)O2. The van der Waals surface area contributed by atoms with Crippen LogP contribution in [0.4, 0.5) is 0 Å². The Kier molecular flexibility index (Phi) is 5.68. The Morgan fingerprint density at radius 1 is 1.30 bits per heavy atom. The van der Waals surface area contributed by atoms with Gasteiger partial charge in [-0.15, -0.1) is 0 Å². The third kappa shape index (κ3) is 3.87. The Morgan fingerprint density at radius 3 is 2.90 bits per heavy atom. The number of hydrogen-bond acceptors (Lipinski definition) is 4. The van der Waals surface area contributed by atoms with Crippen LogP contribution in [0, 0.1) is 0 Å². The maximum absolute atomic E-state index is 5.81. The molecule has 0 bridgehead atoms. The molecule has 2 rings (SSSR count). The summed E-state index contributed by atoms with van der Waals surface area (Å²) in [6.45, 7) is 4.72. The van der Waals surface area contributed by atoms with E-state index in [1.807, 2.05) is 0 Å². The summed E-state index contributed by atoms with van der Waals surface area (Å²) < 4.78 is 16.3. The molecule has 0 saturated carbocycles. The molecule has 0 spiro atoms. The molecule has 1 aliphatic heterocycles. The zero-order valence-electron chi connectivity index (χ0n) is 12.7. The van der Waals surface area contributed by atoms with Crippen LogP contribution in [0.3, 0.4) is 0 Å². The van der Waals surface area contributed by atoms with Gasteiger partial charge in [0.2, 0.25) is 0 Å². The van der Waals surface area contributed by atoms with Crippen LogP contribution in [0.5, 0.6) is 11.5 Å². The zero-order valence-corrected chi connectivity index (χ0v) is 12.7. The molecular weight excluding hydrogens is 254 g/mol. The highest BCUT2D eigenvalue weighted by molar-refractivity contribution is 5.48. The van der Waals surface area contributed by atoms with E-state index in [9.17, 15) is 0 Å². The second-order valence-electron chi connectivity index (χ2n) is 5.28. The monoisotopic (exact) mass is 279 g/mol. The maximum Gasteiger partial charge on any atom is 0.123 e. The van der Waals surface area contributed by atoms with E-state index in [1.165, 1.54) is 5.56 Å². The van der Waals surface area contributed by atoms with Crippen molar-refractivity contribution in [2.75, 3.05) is 27.4 Å². The van der Waals surface area contributed by atoms with E-state index in [-0.39, 0.29) is 6.10 Å². The van der Waals surface area contributed by atoms with Gasteiger partial charge in [0.05, 0.1) is 7.11 Å². The van der Waals surface area contributed by atoms with Crippen molar-refractivity contribution < 1.29 is 14.2 Å². The van der Waals surface area contributed by atoms with Crippen molar-refractivity contribution >= 4 is 0 Å². The molecule has 0 aliphatic carbocycles. The first-order chi connectivity index (χ1) is 9.74. The Hall–Kier alpha value is -1.26. The number of nitrogens with one attached hydrogen (secondary N) is 1. The highest BCUT2D eigenvalue weighted by Crippen LogP contribution is 2.34. The predicted molar refractivity (Wildman–Crippen MR) is 79.6 cm³/mol. The van der Waals surface area contributed by atoms with Crippen molar-refractivity contribution in [2.24, 2.45) is 0 Å². The summed E-state index contributed by atoms with van der Waals surface area (Å²) in [5.74, 6) is 1.96. The molecular formula is C16H25NO3. The summed E-state index contributed by atoms with van der Waals surface area (Å²) in [4.78, 5) is 0. The third-order valence-corrected chi connectivity index (χ3v) is 3.57. The van der Waals surface area contributed by atoms with Gasteiger partial charge in [0.1, 0.15) is 17.6 Å². The lowest BCUT2D eigenvalue weighted by Crippen LogP contribution is -2.15. The van der Waals surface area contributed by atoms with E-state index in [2.05, 4.69) is 24.4 Å². The lowest BCUT2D eigenvalue weighted by Gasteiger charge is -2.12. The van der Waals surface area contributed by atoms with Crippen LogP contribution in [0.25, 0.3) is 0 Å². The van der Waals surface area contributed by atoms with Gasteiger partial charge in [0, 0.05) is 37.8 Å². The van der Waals surface area contributed by atoms with Gasteiger partial charge < -0.3 is 19.5 Å². The van der Waals surface area contributed by atoms with Gasteiger partial charge in [0.15, 0.2) is 0 Å². The van der Waals surface area contributed by atoms with Crippen molar-refractivity contribution in [2.45, 2.75) is 38.8 Å². The molecule has 0 aromatic heterocycles. The standard InChI is InChI=1S/C16H25NO3/c1-12-8-13-9-15(19-3)14(10-16(13)20-12)11-17-6-4-5-7-18-2/h9-10,12,17H,4-8,11H2,1-3H3. The average Bonchev–Trinajstić information content (AvgIpc) is 2.80. The molecule has 1 aromatic carbocycles. The molecule has 1 aliphatic rings. The van der Waals surface area contributed by atoms with Crippen molar-refractivity contribution in [3.05, 3.63) is 23.3 Å². The molecule has 1 atom stereocenters. The smallest absolute Gasteiger partial charge is 0.123 e. The van der Waals surface area contributed by atoms with Crippen LogP contribution in [0.2, 0.25) is 0 Å². The first kappa shape index (κ1) is 15.1. The Morgan fingerprint density at radius 2 is 2.15 bits per heavy atom. The molecule has 20 heavy (non-hydrogen) atoms. The second kappa shape index (κ2) is 7.50. The van der Waals surface area contributed by atoms with Crippen LogP contribution in [0.1, 0.15) is 30.9 Å². The predicted octanol–water partition coefficient (Wildman–Crippen LogP) is 2.53. The minimum Gasteiger partial charge on any atom is -0.496 e. The third-order valence-electron chi connectivity index (χ3n) is 3.57. The molecule has 0 amide bonds. The van der Waals surface area contributed by atoms with E-state index in [0.29, 0.717) is 0 Å². The second-order valence-corrected chi connectivity index (χ2v) is 5.28. The first-order valence-electron chi connectivity index (χ1n) is 7.30. The van der Waals surface area contributed by atoms with E-state index in [4.69, 9.17) is 14.2 Å². The van der Waals surface area contributed by atoms with Crippen LogP contribution in [-0.4, -0.2) is 33.5 Å². The van der Waals surface area contributed by atoms with Gasteiger partial charge in [-0.05, 0) is 38.4 Å². The highest BCUT2D eigenvalue weighted by atomic mass is 16.5. The minimum absolute atomic E-state index is 0.270. The lowest BCUT2D eigenvalue weighted by molar-refractivity contribution is 0.192. The molecule has 1 N–H and O–H groups in total. The van der Waals surface area contributed by atoms with Crippen molar-refractivity contribution in [1.29, 1.82) is 0 Å². The summed E-state index contributed by atoms with van der Waals surface area (Å²) in [5, 5.41) is 3.45. The van der Waals surface area contributed by atoms with E-state index < -0.39 is 0 Å². The largest absolute Gasteiger partial charge is 0.496 e. The van der Waals surface area contributed by atoms with Gasteiger partial charge in [0.25, 0.3) is 0 Å². The molecule has 4 heteroatoms. The molecule has 1 unspecified atom stereocenters. The van der Waals surface area contributed by atoms with Gasteiger partial charge in [-0.25, -0.2) is 0 Å². The van der Waals surface area contributed by atoms with Gasteiger partial charge >= 0.3 is 0 Å². The summed E-state index contributed by atoms with van der Waals surface area (Å²) >= 11 is 0. The number of rotatable bonds is 8. The number of methoxy groups -OCH3 is 2. The van der Waals surface area contributed by atoms with E-state index in [1.54, 1.807) is 14.2 Å². The van der Waals surface area contributed by atoms with Gasteiger partial charge in [-0.2, -0.15) is 0 Å². The fraction of sp³-hybridized carbons (Fsp3) is 0.625. The van der Waals surface area contributed by atoms with Crippen LogP contribution in [0.15, 0.2) is 12.1 Å². The maximum atomic E-state index is 5.81. The van der Waals surface area contributed by atoms with Crippen molar-refractivity contribution in [3.63, 3.8) is 0 Å². The summed E-state index contributed by atoms with van der Waals surface area (Å²) in [6, 6.07) is 4.22. The molecule has 1 aromatic rings. The number of ether oxygens (including phenoxy) is 3. The Balaban J connectivity index is 1.89. The highest BCUT2D eigenvalue weighted by Gasteiger charge is 2.21. The summed E-state index contributed by atoms with van der Waals surface area (Å²) in [7, 11) is 3.47. The average molecular weight is 279 g/mol. The van der Waals surface area contributed by atoms with Crippen LogP contribution in [-0.2, 0) is 17.7 Å². The normalized spacial score (nSPS) is 16.9. The van der Waals surface area contributed by atoms with Gasteiger partial charge in [-0.1, -0.05) is 0 Å². The number of fused-ring (bicyclic) bond motifs is 1. The fourth-order valence-corrected chi connectivity index (χ4v) is 2.53. The zero-order chi connectivity index (χ0) is 14.4. The quantitative estimate of drug-likeness (QED) is 0.742. The number of unbranched alkanes of at least 4 members (excludes halogenated alkanes) is 1. The molecule has 0 saturated heterocycles. The molecule has 112 valence electrons. The van der Waals surface area contributed by atoms with Crippen molar-refractivity contribution in [1.82, 2.24) is 5.32 Å². The molecule has 0 radical (unpaired) electrons. The lowest BCUT2D eigenvalue weighted by atomic mass is 10.1. The molecule has 0 fully saturated rings. The number of hydrogen-bond donors (Lipinski definition) is 1. The van der Waals surface area contributed by atoms with Crippen LogP contribution < -0.4 is 14.8 Å². The Bertz CT molecular complexity index is 434. The topological polar surface area (TPSA) is 39.7 Å². The van der Waals surface area contributed by atoms with E-state index >= 15 is 0 Å². The first-order valence-corrected chi connectivity index (χ1v) is 7.30. The molecule has 1 heterocycles. The summed E-state index contributed by atoms with van der Waals surface area (Å²) in [5.41, 5.74) is 2.41. The molecule has 4 nitrogen and oxygen atoms in total. The number of benzene rings is 1. The minimum atomic E-state index is 0.270. The Labute approximate surface area is 121 Å². The van der Waals surface area contributed by atoms with Gasteiger partial charge in [-0.3, -0.25) is 0 Å². The van der Waals surface area contributed by atoms with Crippen LogP contribution >= 0.6 is 0 Å². The fourth-order valence-electron chi connectivity index (χ4n) is 2.53. The summed E-state index contributed by atoms with van der Waals surface area (Å²) in [6.07, 6.45) is 3.45. The van der Waals surface area contributed by atoms with Crippen molar-refractivity contribution in [3.8, 4) is 11.5 Å². The van der Waals surface area contributed by atoms with E-state index in [0.717, 1.165) is 56.0 Å².